The first-order chi connectivity index (χ1) is 8.96. The second-order valence-electron chi connectivity index (χ2n) is 4.69. The molecule has 0 aromatic heterocycles. The van der Waals surface area contributed by atoms with Crippen LogP contribution < -0.4 is 0 Å². The van der Waals surface area contributed by atoms with Crippen molar-refractivity contribution in [2.24, 2.45) is 5.92 Å². The molecule has 3 unspecified atom stereocenters. The van der Waals surface area contributed by atoms with Crippen LogP contribution in [0.1, 0.15) is 33.6 Å². The first kappa shape index (κ1) is 15.9. The average molecular weight is 274 g/mol. The van der Waals surface area contributed by atoms with Gasteiger partial charge in [-0.1, -0.05) is 0 Å². The topological polar surface area (TPSA) is 82.1 Å². The predicted octanol–water partition coefficient (Wildman–Crippen LogP) is 0.659. The van der Waals surface area contributed by atoms with Crippen molar-refractivity contribution in [2.75, 3.05) is 19.8 Å². The third-order valence-electron chi connectivity index (χ3n) is 3.29. The van der Waals surface area contributed by atoms with Gasteiger partial charge in [-0.15, -0.1) is 0 Å². The van der Waals surface area contributed by atoms with Crippen molar-refractivity contribution < 1.29 is 28.9 Å². The number of hydrogen-bond donors (Lipinski definition) is 1. The molecule has 110 valence electrons. The van der Waals surface area contributed by atoms with Crippen LogP contribution in [0.3, 0.4) is 0 Å². The van der Waals surface area contributed by atoms with Gasteiger partial charge in [0.25, 0.3) is 0 Å². The Balaban J connectivity index is 2.91. The predicted molar refractivity (Wildman–Crippen MR) is 66.4 cm³/mol. The molecule has 0 bridgehead atoms. The van der Waals surface area contributed by atoms with E-state index < -0.39 is 29.6 Å². The molecule has 6 heteroatoms. The van der Waals surface area contributed by atoms with Crippen LogP contribution in [0.5, 0.6) is 0 Å². The average Bonchev–Trinajstić information content (AvgIpc) is 2.77. The third kappa shape index (κ3) is 3.67. The maximum Gasteiger partial charge on any atom is 0.335 e. The Bertz CT molecular complexity index is 321. The van der Waals surface area contributed by atoms with Crippen LogP contribution in [0, 0.1) is 5.92 Å². The SMILES string of the molecule is CCOC(=O)C(O)C(C(=O)OCC)C1(C)CCCO1. The number of ether oxygens (including phenoxy) is 3. The molecule has 0 aromatic carbocycles. The molecule has 1 aliphatic rings. The first-order valence-electron chi connectivity index (χ1n) is 6.61. The van der Waals surface area contributed by atoms with Crippen LogP contribution >= 0.6 is 0 Å². The highest BCUT2D eigenvalue weighted by Gasteiger charge is 2.50. The number of aliphatic hydroxyl groups is 1. The standard InChI is InChI=1S/C13H22O6/c1-4-17-11(15)9(10(14)12(16)18-5-2)13(3)7-6-8-19-13/h9-10,14H,4-8H2,1-3H3. The van der Waals surface area contributed by atoms with Crippen molar-refractivity contribution >= 4 is 11.9 Å². The van der Waals surface area contributed by atoms with E-state index in [4.69, 9.17) is 14.2 Å². The quantitative estimate of drug-likeness (QED) is 0.716. The molecular weight excluding hydrogens is 252 g/mol. The second kappa shape index (κ2) is 6.86. The summed E-state index contributed by atoms with van der Waals surface area (Å²) in [5.74, 6) is -2.52. The van der Waals surface area contributed by atoms with E-state index in [1.807, 2.05) is 0 Å². The summed E-state index contributed by atoms with van der Waals surface area (Å²) in [6.45, 7) is 5.84. The minimum atomic E-state index is -1.57. The second-order valence-corrected chi connectivity index (χ2v) is 4.69. The van der Waals surface area contributed by atoms with Gasteiger partial charge in [0, 0.05) is 6.61 Å². The van der Waals surface area contributed by atoms with Crippen LogP contribution in [0.2, 0.25) is 0 Å². The molecule has 1 N–H and O–H groups in total. The molecule has 19 heavy (non-hydrogen) atoms. The molecule has 0 saturated carbocycles. The van der Waals surface area contributed by atoms with Gasteiger partial charge in [0.15, 0.2) is 6.10 Å². The van der Waals surface area contributed by atoms with E-state index in [0.29, 0.717) is 13.0 Å². The molecule has 0 aromatic rings. The summed E-state index contributed by atoms with van der Waals surface area (Å²) in [6, 6.07) is 0. The zero-order chi connectivity index (χ0) is 14.5. The van der Waals surface area contributed by atoms with Crippen molar-refractivity contribution in [3.05, 3.63) is 0 Å². The lowest BCUT2D eigenvalue weighted by molar-refractivity contribution is -0.179. The van der Waals surface area contributed by atoms with Gasteiger partial charge in [0.1, 0.15) is 5.92 Å². The summed E-state index contributed by atoms with van der Waals surface area (Å²) in [5, 5.41) is 10.1. The molecule has 1 saturated heterocycles. The number of hydrogen-bond acceptors (Lipinski definition) is 6. The smallest absolute Gasteiger partial charge is 0.335 e. The van der Waals surface area contributed by atoms with Crippen LogP contribution in [-0.4, -0.2) is 48.6 Å². The van der Waals surface area contributed by atoms with Crippen molar-refractivity contribution in [1.82, 2.24) is 0 Å². The minimum absolute atomic E-state index is 0.142. The molecule has 1 rings (SSSR count). The summed E-state index contributed by atoms with van der Waals surface area (Å²) in [6.07, 6.45) is -0.198. The van der Waals surface area contributed by atoms with E-state index in [0.717, 1.165) is 6.42 Å². The molecule has 1 aliphatic heterocycles. The van der Waals surface area contributed by atoms with Gasteiger partial charge in [-0.3, -0.25) is 4.79 Å². The molecular formula is C13H22O6. The lowest BCUT2D eigenvalue weighted by Crippen LogP contribution is -2.50. The number of carbonyl (C=O) groups excluding carboxylic acids is 2. The van der Waals surface area contributed by atoms with E-state index >= 15 is 0 Å². The maximum atomic E-state index is 12.0. The zero-order valence-electron chi connectivity index (χ0n) is 11.7. The Labute approximate surface area is 113 Å². The maximum absolute atomic E-state index is 12.0. The van der Waals surface area contributed by atoms with Crippen LogP contribution in [0.15, 0.2) is 0 Å². The normalized spacial score (nSPS) is 25.7. The molecule has 1 fully saturated rings. The number of rotatable bonds is 6. The fourth-order valence-corrected chi connectivity index (χ4v) is 2.35. The zero-order valence-corrected chi connectivity index (χ0v) is 11.7. The molecule has 0 radical (unpaired) electrons. The van der Waals surface area contributed by atoms with Crippen LogP contribution in [0.4, 0.5) is 0 Å². The van der Waals surface area contributed by atoms with Crippen molar-refractivity contribution in [3.8, 4) is 0 Å². The number of carbonyl (C=O) groups is 2. The lowest BCUT2D eigenvalue weighted by atomic mass is 9.82. The monoisotopic (exact) mass is 274 g/mol. The van der Waals surface area contributed by atoms with Gasteiger partial charge in [0.05, 0.1) is 18.8 Å². The Morgan fingerprint density at radius 3 is 2.32 bits per heavy atom. The number of aliphatic hydroxyl groups excluding tert-OH is 1. The van der Waals surface area contributed by atoms with Gasteiger partial charge in [-0.05, 0) is 33.6 Å². The van der Waals surface area contributed by atoms with Gasteiger partial charge in [-0.2, -0.15) is 0 Å². The summed E-state index contributed by atoms with van der Waals surface area (Å²) >= 11 is 0. The largest absolute Gasteiger partial charge is 0.466 e. The van der Waals surface area contributed by atoms with Crippen LogP contribution in [-0.2, 0) is 23.8 Å². The summed E-state index contributed by atoms with van der Waals surface area (Å²) in [4.78, 5) is 23.7. The minimum Gasteiger partial charge on any atom is -0.466 e. The molecule has 0 amide bonds. The fraction of sp³-hybridized carbons (Fsp3) is 0.846. The van der Waals surface area contributed by atoms with E-state index in [9.17, 15) is 14.7 Å². The fourth-order valence-electron chi connectivity index (χ4n) is 2.35. The molecule has 3 atom stereocenters. The Morgan fingerprint density at radius 1 is 1.26 bits per heavy atom. The first-order valence-corrected chi connectivity index (χ1v) is 6.61. The van der Waals surface area contributed by atoms with Gasteiger partial charge in [0.2, 0.25) is 0 Å². The van der Waals surface area contributed by atoms with Crippen molar-refractivity contribution in [1.29, 1.82) is 0 Å². The summed E-state index contributed by atoms with van der Waals surface area (Å²) < 4.78 is 15.3. The van der Waals surface area contributed by atoms with Gasteiger partial charge in [-0.25, -0.2) is 4.79 Å². The molecule has 0 aliphatic carbocycles. The highest BCUT2D eigenvalue weighted by molar-refractivity contribution is 5.84. The highest BCUT2D eigenvalue weighted by Crippen LogP contribution is 2.36. The lowest BCUT2D eigenvalue weighted by Gasteiger charge is -2.33. The molecule has 6 nitrogen and oxygen atoms in total. The molecule has 1 heterocycles. The summed E-state index contributed by atoms with van der Waals surface area (Å²) in [7, 11) is 0. The Kier molecular flexibility index (Phi) is 5.75. The van der Waals surface area contributed by atoms with Crippen molar-refractivity contribution in [2.45, 2.75) is 45.3 Å². The van der Waals surface area contributed by atoms with Crippen LogP contribution in [0.25, 0.3) is 0 Å². The highest BCUT2D eigenvalue weighted by atomic mass is 16.6. The Morgan fingerprint density at radius 2 is 1.84 bits per heavy atom. The Hall–Kier alpha value is -1.14. The summed E-state index contributed by atoms with van der Waals surface area (Å²) in [5.41, 5.74) is -0.890. The third-order valence-corrected chi connectivity index (χ3v) is 3.29. The van der Waals surface area contributed by atoms with E-state index in [-0.39, 0.29) is 13.2 Å². The van der Waals surface area contributed by atoms with Crippen molar-refractivity contribution in [3.63, 3.8) is 0 Å². The number of esters is 2. The van der Waals surface area contributed by atoms with E-state index in [1.54, 1.807) is 20.8 Å². The van der Waals surface area contributed by atoms with E-state index in [1.165, 1.54) is 0 Å². The van der Waals surface area contributed by atoms with Gasteiger partial charge >= 0.3 is 11.9 Å². The molecule has 0 spiro atoms. The van der Waals surface area contributed by atoms with E-state index in [2.05, 4.69) is 0 Å². The van der Waals surface area contributed by atoms with Gasteiger partial charge < -0.3 is 19.3 Å².